The molecule has 0 amide bonds. The number of aryl methyl sites for hydroxylation is 2. The summed E-state index contributed by atoms with van der Waals surface area (Å²) in [5, 5.41) is 28.9. The van der Waals surface area contributed by atoms with Crippen LogP contribution in [0.3, 0.4) is 0 Å². The third-order valence-electron chi connectivity index (χ3n) is 12.3. The van der Waals surface area contributed by atoms with E-state index in [0.717, 1.165) is 72.8 Å². The minimum absolute atomic E-state index is 0.354. The molecule has 290 valence electrons. The van der Waals surface area contributed by atoms with Crippen molar-refractivity contribution in [3.05, 3.63) is 192 Å². The van der Waals surface area contributed by atoms with Crippen LogP contribution in [0.5, 0.6) is 0 Å². The molecule has 0 saturated heterocycles. The quantitative estimate of drug-likeness (QED) is 0.154. The van der Waals surface area contributed by atoms with Crippen molar-refractivity contribution in [2.75, 3.05) is 0 Å². The number of hydrogen-bond donors (Lipinski definition) is 2. The van der Waals surface area contributed by atoms with E-state index >= 15 is 0 Å². The third kappa shape index (κ3) is 6.06. The van der Waals surface area contributed by atoms with Crippen LogP contribution in [0.25, 0.3) is 72.1 Å². The molecule has 0 aliphatic carbocycles. The topological polar surface area (TPSA) is 68.1 Å². The summed E-state index contributed by atoms with van der Waals surface area (Å²) in [6.45, 7) is 8.08. The Morgan fingerprint density at radius 2 is 0.949 bits per heavy atom. The molecular weight excluding hydrogens is 725 g/mol. The molecule has 3 heterocycles. The van der Waals surface area contributed by atoms with E-state index in [1.54, 1.807) is 6.92 Å². The monoisotopic (exact) mass is 770 g/mol. The second kappa shape index (κ2) is 14.6. The van der Waals surface area contributed by atoms with Crippen LogP contribution in [0.15, 0.2) is 170 Å². The highest BCUT2D eigenvalue weighted by Crippen LogP contribution is 2.40. The van der Waals surface area contributed by atoms with Crippen LogP contribution >= 0.6 is 0 Å². The van der Waals surface area contributed by atoms with Crippen LogP contribution in [-0.4, -0.2) is 41.1 Å². The van der Waals surface area contributed by atoms with Gasteiger partial charge in [0, 0.05) is 62.7 Å². The van der Waals surface area contributed by atoms with Gasteiger partial charge in [0.2, 0.25) is 0 Å². The number of rotatable bonds is 9. The van der Waals surface area contributed by atoms with E-state index in [2.05, 4.69) is 174 Å². The zero-order valence-corrected chi connectivity index (χ0v) is 33.7. The third-order valence-corrected chi connectivity index (χ3v) is 12.3. The molecule has 2 N–H and O–H groups in total. The molecule has 59 heavy (non-hydrogen) atoms. The fraction of sp³-hybridized carbons (Fsp3) is 0.151. The number of aliphatic hydroxyl groups is 2. The lowest BCUT2D eigenvalue weighted by Gasteiger charge is -2.32. The standard InChI is InChI=1S/C53H46N4O2/c1-33-28-39(29-34(2)51(33)55-27-26-54-53(55)37-16-6-5-7-17-37)50(36(4)58)52(59)35(3)38-30-40(56-46-22-12-8-18-42(46)43-19-9-13-23-47(43)56)32-41(31-38)57-48-24-14-10-20-44(48)45-21-11-15-25-49(45)57/h5-32,35-36,50,52,58-59H,1-4H3. The van der Waals surface area contributed by atoms with Crippen molar-refractivity contribution in [2.24, 2.45) is 0 Å². The molecule has 0 saturated carbocycles. The van der Waals surface area contributed by atoms with Crippen LogP contribution in [0.1, 0.15) is 47.9 Å². The molecule has 0 bridgehead atoms. The van der Waals surface area contributed by atoms with Crippen LogP contribution in [0, 0.1) is 13.8 Å². The molecule has 4 atom stereocenters. The lowest BCUT2D eigenvalue weighted by molar-refractivity contribution is 0.0488. The SMILES string of the molecule is Cc1cc(C(C(C)O)C(O)C(C)c2cc(-n3c4ccccc4c4ccccc43)cc(-n3c4ccccc4c4ccccc43)c2)cc(C)c1-n1ccnc1-c1ccccc1. The second-order valence-corrected chi connectivity index (χ2v) is 16.1. The summed E-state index contributed by atoms with van der Waals surface area (Å²) in [4.78, 5) is 4.71. The number of aliphatic hydroxyl groups excluding tert-OH is 2. The van der Waals surface area contributed by atoms with Gasteiger partial charge in [-0.2, -0.15) is 0 Å². The first kappa shape index (κ1) is 36.6. The Labute approximate surface area is 343 Å². The van der Waals surface area contributed by atoms with E-state index in [-0.39, 0.29) is 5.92 Å². The maximum absolute atomic E-state index is 12.6. The summed E-state index contributed by atoms with van der Waals surface area (Å²) in [5.74, 6) is -0.0398. The maximum Gasteiger partial charge on any atom is 0.144 e. The van der Waals surface area contributed by atoms with Crippen molar-refractivity contribution >= 4 is 43.6 Å². The number of fused-ring (bicyclic) bond motifs is 6. The Kier molecular flexibility index (Phi) is 9.04. The second-order valence-electron chi connectivity index (χ2n) is 16.1. The van der Waals surface area contributed by atoms with Crippen molar-refractivity contribution in [3.63, 3.8) is 0 Å². The molecule has 7 aromatic carbocycles. The van der Waals surface area contributed by atoms with E-state index in [1.165, 1.54) is 21.5 Å². The fourth-order valence-electron chi connectivity index (χ4n) is 9.66. The van der Waals surface area contributed by atoms with Gasteiger partial charge in [-0.25, -0.2) is 4.98 Å². The smallest absolute Gasteiger partial charge is 0.144 e. The van der Waals surface area contributed by atoms with Crippen molar-refractivity contribution in [1.29, 1.82) is 0 Å². The number of hydrogen-bond acceptors (Lipinski definition) is 3. The maximum atomic E-state index is 12.6. The van der Waals surface area contributed by atoms with Crippen molar-refractivity contribution < 1.29 is 10.2 Å². The van der Waals surface area contributed by atoms with Gasteiger partial charge in [-0.3, -0.25) is 4.57 Å². The molecule has 3 aromatic heterocycles. The van der Waals surface area contributed by atoms with Gasteiger partial charge < -0.3 is 19.3 Å². The highest BCUT2D eigenvalue weighted by Gasteiger charge is 2.33. The van der Waals surface area contributed by atoms with E-state index in [9.17, 15) is 10.2 Å². The van der Waals surface area contributed by atoms with Crippen molar-refractivity contribution in [3.8, 4) is 28.5 Å². The molecule has 10 rings (SSSR count). The number of para-hydroxylation sites is 4. The predicted molar refractivity (Wildman–Crippen MR) is 242 cm³/mol. The highest BCUT2D eigenvalue weighted by molar-refractivity contribution is 6.10. The molecule has 0 aliphatic rings. The summed E-state index contributed by atoms with van der Waals surface area (Å²) in [7, 11) is 0. The van der Waals surface area contributed by atoms with Gasteiger partial charge in [0.25, 0.3) is 0 Å². The van der Waals surface area contributed by atoms with Gasteiger partial charge in [0.15, 0.2) is 0 Å². The average molecular weight is 771 g/mol. The van der Waals surface area contributed by atoms with Crippen LogP contribution in [0.2, 0.25) is 0 Å². The van der Waals surface area contributed by atoms with Gasteiger partial charge in [-0.15, -0.1) is 0 Å². The largest absolute Gasteiger partial charge is 0.393 e. The lowest BCUT2D eigenvalue weighted by Crippen LogP contribution is -2.32. The van der Waals surface area contributed by atoms with Gasteiger partial charge in [0.05, 0.1) is 40.0 Å². The number of nitrogens with zero attached hydrogens (tertiary/aromatic N) is 4. The number of aromatic nitrogens is 4. The molecule has 0 spiro atoms. The zero-order valence-electron chi connectivity index (χ0n) is 33.7. The first-order valence-electron chi connectivity index (χ1n) is 20.5. The summed E-state index contributed by atoms with van der Waals surface area (Å²) in [5.41, 5.74) is 12.6. The van der Waals surface area contributed by atoms with E-state index < -0.39 is 18.1 Å². The molecular formula is C53H46N4O2. The summed E-state index contributed by atoms with van der Waals surface area (Å²) in [6.07, 6.45) is 2.11. The predicted octanol–water partition coefficient (Wildman–Crippen LogP) is 12.0. The Morgan fingerprint density at radius 3 is 1.41 bits per heavy atom. The number of benzene rings is 7. The molecule has 0 aliphatic heterocycles. The Balaban J connectivity index is 1.13. The molecule has 0 radical (unpaired) electrons. The first-order chi connectivity index (χ1) is 28.8. The van der Waals surface area contributed by atoms with E-state index in [4.69, 9.17) is 4.98 Å². The van der Waals surface area contributed by atoms with Gasteiger partial charge in [0.1, 0.15) is 5.82 Å². The van der Waals surface area contributed by atoms with E-state index in [1.807, 2.05) is 30.6 Å². The van der Waals surface area contributed by atoms with E-state index in [0.29, 0.717) is 0 Å². The first-order valence-corrected chi connectivity index (χ1v) is 20.5. The van der Waals surface area contributed by atoms with Crippen LogP contribution in [0.4, 0.5) is 0 Å². The van der Waals surface area contributed by atoms with Crippen LogP contribution < -0.4 is 0 Å². The average Bonchev–Trinajstić information content (AvgIpc) is 3.96. The van der Waals surface area contributed by atoms with Gasteiger partial charge in [-0.1, -0.05) is 122 Å². The highest BCUT2D eigenvalue weighted by atomic mass is 16.3. The van der Waals surface area contributed by atoms with Crippen LogP contribution in [-0.2, 0) is 0 Å². The molecule has 6 heteroatoms. The number of imidazole rings is 1. The zero-order chi connectivity index (χ0) is 40.4. The molecule has 6 nitrogen and oxygen atoms in total. The Morgan fingerprint density at radius 1 is 0.508 bits per heavy atom. The minimum atomic E-state index is -0.910. The molecule has 0 fully saturated rings. The molecule has 10 aromatic rings. The Hall–Kier alpha value is -6.73. The van der Waals surface area contributed by atoms with Gasteiger partial charge in [-0.05, 0) is 85.5 Å². The van der Waals surface area contributed by atoms with Gasteiger partial charge >= 0.3 is 0 Å². The summed E-state index contributed by atoms with van der Waals surface area (Å²) < 4.78 is 6.83. The Bertz CT molecular complexity index is 2910. The summed E-state index contributed by atoms with van der Waals surface area (Å²) >= 11 is 0. The summed E-state index contributed by atoms with van der Waals surface area (Å²) in [6, 6.07) is 55.5. The minimum Gasteiger partial charge on any atom is -0.393 e. The van der Waals surface area contributed by atoms with Crippen molar-refractivity contribution in [2.45, 2.75) is 51.7 Å². The fourth-order valence-corrected chi connectivity index (χ4v) is 9.66. The molecule has 4 unspecified atom stereocenters. The van der Waals surface area contributed by atoms with Crippen molar-refractivity contribution in [1.82, 2.24) is 18.7 Å². The lowest BCUT2D eigenvalue weighted by atomic mass is 9.79. The normalized spacial score (nSPS) is 14.0.